The molecular weight excluding hydrogens is 102 g/mol. The summed E-state index contributed by atoms with van der Waals surface area (Å²) < 4.78 is 0. The Kier molecular flexibility index (Phi) is 1.64. The van der Waals surface area contributed by atoms with E-state index < -0.39 is 0 Å². The molecule has 0 fully saturated rings. The molecule has 0 aromatic heterocycles. The molecule has 1 rings (SSSR count). The Morgan fingerprint density at radius 1 is 1.75 bits per heavy atom. The topological polar surface area (TPSA) is 50.4 Å². The van der Waals surface area contributed by atoms with E-state index in [4.69, 9.17) is 5.84 Å². The van der Waals surface area contributed by atoms with Crippen LogP contribution in [-0.2, 0) is 0 Å². The Bertz CT molecular complexity index is 126. The van der Waals surface area contributed by atoms with Crippen molar-refractivity contribution < 1.29 is 0 Å². The Labute approximate surface area is 48.3 Å². The minimum absolute atomic E-state index is 0.774. The normalized spacial score (nSPS) is 17.9. The van der Waals surface area contributed by atoms with Crippen LogP contribution in [0.4, 0.5) is 0 Å². The molecule has 0 spiro atoms. The van der Waals surface area contributed by atoms with Gasteiger partial charge in [0, 0.05) is 6.54 Å². The van der Waals surface area contributed by atoms with Crippen LogP contribution in [0.15, 0.2) is 17.1 Å². The summed E-state index contributed by atoms with van der Waals surface area (Å²) in [6.45, 7) is 0.857. The molecule has 44 valence electrons. The zero-order chi connectivity index (χ0) is 5.82. The molecule has 0 amide bonds. The number of hydrogen-bond donors (Lipinski definition) is 2. The van der Waals surface area contributed by atoms with Crippen LogP contribution in [0.5, 0.6) is 0 Å². The van der Waals surface area contributed by atoms with Gasteiger partial charge in [-0.05, 0) is 12.5 Å². The van der Waals surface area contributed by atoms with Gasteiger partial charge in [0.25, 0.3) is 0 Å². The zero-order valence-electron chi connectivity index (χ0n) is 4.59. The highest BCUT2D eigenvalue weighted by atomic mass is 15.2. The predicted octanol–water partition coefficient (Wildman–Crippen LogP) is -0.192. The van der Waals surface area contributed by atoms with Crippen LogP contribution in [0.3, 0.4) is 0 Å². The van der Waals surface area contributed by atoms with Gasteiger partial charge in [-0.3, -0.25) is 4.99 Å². The minimum Gasteiger partial charge on any atom is -0.309 e. The molecule has 3 N–H and O–H groups in total. The summed E-state index contributed by atoms with van der Waals surface area (Å²) >= 11 is 0. The van der Waals surface area contributed by atoms with E-state index in [1.807, 2.05) is 12.2 Å². The molecule has 0 aromatic rings. The first-order valence-corrected chi connectivity index (χ1v) is 2.61. The van der Waals surface area contributed by atoms with Gasteiger partial charge in [0.05, 0.1) is 0 Å². The number of dihydropyridines is 1. The first-order valence-electron chi connectivity index (χ1n) is 2.61. The van der Waals surface area contributed by atoms with E-state index in [1.165, 1.54) is 0 Å². The smallest absolute Gasteiger partial charge is 0.134 e. The Morgan fingerprint density at radius 3 is 3.00 bits per heavy atom. The SMILES string of the molecule is NNC1=NCCC=C1. The summed E-state index contributed by atoms with van der Waals surface area (Å²) in [6, 6.07) is 0. The molecule has 1 aliphatic rings. The van der Waals surface area contributed by atoms with Gasteiger partial charge in [0.15, 0.2) is 0 Å². The highest BCUT2D eigenvalue weighted by Crippen LogP contribution is 1.91. The first-order chi connectivity index (χ1) is 3.93. The summed E-state index contributed by atoms with van der Waals surface area (Å²) in [5.74, 6) is 5.85. The van der Waals surface area contributed by atoms with Crippen molar-refractivity contribution in [3.63, 3.8) is 0 Å². The second-order valence-corrected chi connectivity index (χ2v) is 1.60. The summed E-state index contributed by atoms with van der Waals surface area (Å²) in [5.41, 5.74) is 2.47. The quantitative estimate of drug-likeness (QED) is 0.336. The van der Waals surface area contributed by atoms with Crippen molar-refractivity contribution in [3.8, 4) is 0 Å². The third kappa shape index (κ3) is 1.07. The lowest BCUT2D eigenvalue weighted by Crippen LogP contribution is -2.29. The van der Waals surface area contributed by atoms with Gasteiger partial charge in [-0.1, -0.05) is 6.08 Å². The van der Waals surface area contributed by atoms with Crippen molar-refractivity contribution in [2.75, 3.05) is 6.54 Å². The Hall–Kier alpha value is -0.830. The van der Waals surface area contributed by atoms with E-state index in [0.29, 0.717) is 0 Å². The average molecular weight is 111 g/mol. The molecule has 0 bridgehead atoms. The monoisotopic (exact) mass is 111 g/mol. The van der Waals surface area contributed by atoms with Gasteiger partial charge >= 0.3 is 0 Å². The van der Waals surface area contributed by atoms with Crippen molar-refractivity contribution in [2.24, 2.45) is 10.8 Å². The van der Waals surface area contributed by atoms with Crippen LogP contribution in [-0.4, -0.2) is 12.4 Å². The summed E-state index contributed by atoms with van der Waals surface area (Å²) in [6.07, 6.45) is 4.96. The Balaban J connectivity index is 2.51. The summed E-state index contributed by atoms with van der Waals surface area (Å²) in [7, 11) is 0. The number of rotatable bonds is 0. The maximum absolute atomic E-state index is 5.07. The lowest BCUT2D eigenvalue weighted by Gasteiger charge is -2.02. The average Bonchev–Trinajstić information content (AvgIpc) is 1.90. The molecular formula is C5H9N3. The fraction of sp³-hybridized carbons (Fsp3) is 0.400. The van der Waals surface area contributed by atoms with Gasteiger partial charge in [0.2, 0.25) is 0 Å². The maximum atomic E-state index is 5.07. The van der Waals surface area contributed by atoms with Gasteiger partial charge in [-0.2, -0.15) is 0 Å². The largest absolute Gasteiger partial charge is 0.309 e. The third-order valence-corrected chi connectivity index (χ3v) is 1.00. The van der Waals surface area contributed by atoms with Crippen molar-refractivity contribution in [1.82, 2.24) is 5.43 Å². The van der Waals surface area contributed by atoms with E-state index in [1.54, 1.807) is 0 Å². The fourth-order valence-electron chi connectivity index (χ4n) is 0.601. The van der Waals surface area contributed by atoms with E-state index in [2.05, 4.69) is 10.4 Å². The van der Waals surface area contributed by atoms with Gasteiger partial charge in [0.1, 0.15) is 5.84 Å². The van der Waals surface area contributed by atoms with E-state index in [0.717, 1.165) is 18.8 Å². The molecule has 0 radical (unpaired) electrons. The number of hydrogen-bond acceptors (Lipinski definition) is 3. The highest BCUT2D eigenvalue weighted by Gasteiger charge is 1.91. The number of nitrogens with zero attached hydrogens (tertiary/aromatic N) is 1. The minimum atomic E-state index is 0.774. The van der Waals surface area contributed by atoms with E-state index in [-0.39, 0.29) is 0 Å². The number of nitrogens with one attached hydrogen (secondary N) is 1. The Morgan fingerprint density at radius 2 is 2.62 bits per heavy atom. The molecule has 3 heteroatoms. The van der Waals surface area contributed by atoms with Gasteiger partial charge in [-0.25, -0.2) is 5.84 Å². The molecule has 1 aliphatic heterocycles. The van der Waals surface area contributed by atoms with E-state index >= 15 is 0 Å². The lowest BCUT2D eigenvalue weighted by atomic mass is 10.3. The molecule has 8 heavy (non-hydrogen) atoms. The number of amidine groups is 1. The fourth-order valence-corrected chi connectivity index (χ4v) is 0.601. The number of hydrazine groups is 1. The van der Waals surface area contributed by atoms with Crippen molar-refractivity contribution in [2.45, 2.75) is 6.42 Å². The predicted molar refractivity (Wildman–Crippen MR) is 33.4 cm³/mol. The molecule has 1 heterocycles. The summed E-state index contributed by atoms with van der Waals surface area (Å²) in [5, 5.41) is 0. The van der Waals surface area contributed by atoms with Crippen molar-refractivity contribution in [1.29, 1.82) is 0 Å². The van der Waals surface area contributed by atoms with Gasteiger partial charge < -0.3 is 5.43 Å². The molecule has 0 aromatic carbocycles. The second kappa shape index (κ2) is 2.47. The summed E-state index contributed by atoms with van der Waals surface area (Å²) in [4.78, 5) is 4.04. The van der Waals surface area contributed by atoms with Crippen molar-refractivity contribution >= 4 is 5.84 Å². The molecule has 0 unspecified atom stereocenters. The van der Waals surface area contributed by atoms with Crippen LogP contribution >= 0.6 is 0 Å². The van der Waals surface area contributed by atoms with Crippen LogP contribution in [0, 0.1) is 0 Å². The van der Waals surface area contributed by atoms with Gasteiger partial charge in [-0.15, -0.1) is 0 Å². The lowest BCUT2D eigenvalue weighted by molar-refractivity contribution is 0.938. The van der Waals surface area contributed by atoms with Crippen molar-refractivity contribution in [3.05, 3.63) is 12.2 Å². The molecule has 0 atom stereocenters. The molecule has 0 saturated heterocycles. The van der Waals surface area contributed by atoms with Crippen LogP contribution < -0.4 is 11.3 Å². The molecule has 3 nitrogen and oxygen atoms in total. The standard InChI is InChI=1S/C5H9N3/c6-8-5-3-1-2-4-7-5/h1,3H,2,4,6H2,(H,7,8). The zero-order valence-corrected chi connectivity index (χ0v) is 4.59. The van der Waals surface area contributed by atoms with Crippen LogP contribution in [0.1, 0.15) is 6.42 Å². The van der Waals surface area contributed by atoms with E-state index in [9.17, 15) is 0 Å². The second-order valence-electron chi connectivity index (χ2n) is 1.60. The molecule has 0 saturated carbocycles. The van der Waals surface area contributed by atoms with Crippen LogP contribution in [0.25, 0.3) is 0 Å². The molecule has 0 aliphatic carbocycles. The van der Waals surface area contributed by atoms with Crippen LogP contribution in [0.2, 0.25) is 0 Å². The third-order valence-electron chi connectivity index (χ3n) is 1.00. The first kappa shape index (κ1) is 5.31. The number of aliphatic imine (C=N–C) groups is 1. The maximum Gasteiger partial charge on any atom is 0.134 e. The highest BCUT2D eigenvalue weighted by molar-refractivity contribution is 5.92. The number of nitrogens with two attached hydrogens (primary N) is 1.